The van der Waals surface area contributed by atoms with Gasteiger partial charge in [-0.2, -0.15) is 0 Å². The summed E-state index contributed by atoms with van der Waals surface area (Å²) in [6, 6.07) is 13.6. The van der Waals surface area contributed by atoms with E-state index in [9.17, 15) is 4.79 Å². The molecule has 0 atom stereocenters. The number of rotatable bonds is 8. The number of furan rings is 1. The van der Waals surface area contributed by atoms with E-state index in [-0.39, 0.29) is 5.75 Å². The van der Waals surface area contributed by atoms with Crippen LogP contribution in [0, 0.1) is 6.92 Å². The zero-order chi connectivity index (χ0) is 18.4. The SMILES string of the molecule is Cc1oc(-c2ccccc2)nc1Cc1ccc(C=CCSCC(=O)O)o1. The molecule has 3 aromatic rings. The molecule has 0 amide bonds. The first-order valence-corrected chi connectivity index (χ1v) is 9.34. The predicted molar refractivity (Wildman–Crippen MR) is 102 cm³/mol. The van der Waals surface area contributed by atoms with Crippen LogP contribution in [0.3, 0.4) is 0 Å². The maximum Gasteiger partial charge on any atom is 0.313 e. The predicted octanol–water partition coefficient (Wildman–Crippen LogP) is 4.66. The largest absolute Gasteiger partial charge is 0.481 e. The van der Waals surface area contributed by atoms with Crippen molar-refractivity contribution >= 4 is 23.8 Å². The first-order valence-electron chi connectivity index (χ1n) is 8.18. The van der Waals surface area contributed by atoms with Gasteiger partial charge in [0.25, 0.3) is 0 Å². The van der Waals surface area contributed by atoms with Gasteiger partial charge in [-0.25, -0.2) is 4.98 Å². The molecule has 0 aliphatic heterocycles. The molecule has 2 aromatic heterocycles. The zero-order valence-corrected chi connectivity index (χ0v) is 15.2. The van der Waals surface area contributed by atoms with E-state index in [2.05, 4.69) is 4.98 Å². The Morgan fingerprint density at radius 2 is 2.00 bits per heavy atom. The molecular weight excluding hydrogens is 350 g/mol. The fourth-order valence-corrected chi connectivity index (χ4v) is 2.94. The molecule has 6 heteroatoms. The van der Waals surface area contributed by atoms with Crippen LogP contribution in [0.25, 0.3) is 17.5 Å². The minimum absolute atomic E-state index is 0.100. The van der Waals surface area contributed by atoms with E-state index in [0.717, 1.165) is 28.5 Å². The molecule has 0 radical (unpaired) electrons. The van der Waals surface area contributed by atoms with Gasteiger partial charge in [0.15, 0.2) is 0 Å². The molecular formula is C20H19NO4S. The van der Waals surface area contributed by atoms with Crippen LogP contribution in [0.5, 0.6) is 0 Å². The number of nitrogens with zero attached hydrogens (tertiary/aromatic N) is 1. The highest BCUT2D eigenvalue weighted by Crippen LogP contribution is 2.23. The van der Waals surface area contributed by atoms with Crippen LogP contribution in [0.2, 0.25) is 0 Å². The molecule has 0 aliphatic carbocycles. The van der Waals surface area contributed by atoms with E-state index in [1.807, 2.05) is 61.5 Å². The van der Waals surface area contributed by atoms with Crippen LogP contribution in [-0.4, -0.2) is 27.6 Å². The van der Waals surface area contributed by atoms with Crippen molar-refractivity contribution in [3.8, 4) is 11.5 Å². The van der Waals surface area contributed by atoms with Crippen molar-refractivity contribution in [2.24, 2.45) is 0 Å². The maximum absolute atomic E-state index is 10.5. The first-order chi connectivity index (χ1) is 12.6. The molecule has 5 nitrogen and oxygen atoms in total. The molecule has 0 aliphatic rings. The fraction of sp³-hybridized carbons (Fsp3) is 0.200. The molecule has 26 heavy (non-hydrogen) atoms. The smallest absolute Gasteiger partial charge is 0.313 e. The summed E-state index contributed by atoms with van der Waals surface area (Å²) in [7, 11) is 0. The molecule has 0 saturated heterocycles. The fourth-order valence-electron chi connectivity index (χ4n) is 2.42. The summed E-state index contributed by atoms with van der Waals surface area (Å²) < 4.78 is 11.6. The number of aryl methyl sites for hydroxylation is 1. The van der Waals surface area contributed by atoms with E-state index in [0.29, 0.717) is 18.1 Å². The highest BCUT2D eigenvalue weighted by molar-refractivity contribution is 8.00. The standard InChI is InChI=1S/C20H19NO4S/c1-14-18(21-20(24-14)15-6-3-2-4-7-15)12-17-10-9-16(25-17)8-5-11-26-13-19(22)23/h2-10H,11-13H2,1H3,(H,22,23). The van der Waals surface area contributed by atoms with Crippen LogP contribution < -0.4 is 0 Å². The number of thioether (sulfide) groups is 1. The third kappa shape index (κ3) is 4.89. The lowest BCUT2D eigenvalue weighted by Gasteiger charge is -1.94. The molecule has 0 spiro atoms. The number of hydrogen-bond acceptors (Lipinski definition) is 5. The molecule has 0 bridgehead atoms. The second-order valence-electron chi connectivity index (χ2n) is 5.68. The van der Waals surface area contributed by atoms with Gasteiger partial charge in [0, 0.05) is 11.3 Å². The summed E-state index contributed by atoms with van der Waals surface area (Å²) in [4.78, 5) is 15.0. The average molecular weight is 369 g/mol. The van der Waals surface area contributed by atoms with Crippen molar-refractivity contribution in [2.75, 3.05) is 11.5 Å². The number of aromatic nitrogens is 1. The topological polar surface area (TPSA) is 76.5 Å². The first kappa shape index (κ1) is 18.1. The summed E-state index contributed by atoms with van der Waals surface area (Å²) in [5.41, 5.74) is 1.80. The number of hydrogen-bond donors (Lipinski definition) is 1. The van der Waals surface area contributed by atoms with Crippen LogP contribution in [0.15, 0.2) is 57.4 Å². The molecule has 0 fully saturated rings. The van der Waals surface area contributed by atoms with Gasteiger partial charge in [-0.3, -0.25) is 4.79 Å². The lowest BCUT2D eigenvalue weighted by molar-refractivity contribution is -0.133. The average Bonchev–Trinajstić information content (AvgIpc) is 3.22. The highest BCUT2D eigenvalue weighted by atomic mass is 32.2. The Hall–Kier alpha value is -2.73. The monoisotopic (exact) mass is 369 g/mol. The molecule has 1 aromatic carbocycles. The number of oxazole rings is 1. The van der Waals surface area contributed by atoms with Gasteiger partial charge in [-0.15, -0.1) is 11.8 Å². The number of carboxylic acid groups (broad SMARTS) is 1. The highest BCUT2D eigenvalue weighted by Gasteiger charge is 2.13. The van der Waals surface area contributed by atoms with Gasteiger partial charge in [0.05, 0.1) is 17.9 Å². The normalized spacial score (nSPS) is 11.3. The van der Waals surface area contributed by atoms with Gasteiger partial charge in [-0.05, 0) is 37.3 Å². The van der Waals surface area contributed by atoms with E-state index < -0.39 is 5.97 Å². The Kier molecular flexibility index (Phi) is 5.96. The van der Waals surface area contributed by atoms with E-state index in [1.165, 1.54) is 11.8 Å². The Labute approximate surface area is 155 Å². The lowest BCUT2D eigenvalue weighted by Crippen LogP contribution is -1.97. The molecule has 1 N–H and O–H groups in total. The quantitative estimate of drug-likeness (QED) is 0.582. The van der Waals surface area contributed by atoms with Gasteiger partial charge in [0.1, 0.15) is 17.3 Å². The Balaban J connectivity index is 1.62. The van der Waals surface area contributed by atoms with Gasteiger partial charge in [-0.1, -0.05) is 24.3 Å². The third-order valence-electron chi connectivity index (χ3n) is 3.66. The molecule has 134 valence electrons. The summed E-state index contributed by atoms with van der Waals surface area (Å²) >= 11 is 1.34. The minimum Gasteiger partial charge on any atom is -0.481 e. The Morgan fingerprint density at radius 3 is 2.77 bits per heavy atom. The van der Waals surface area contributed by atoms with Crippen molar-refractivity contribution in [3.05, 3.63) is 71.5 Å². The van der Waals surface area contributed by atoms with Crippen molar-refractivity contribution < 1.29 is 18.7 Å². The van der Waals surface area contributed by atoms with Crippen molar-refractivity contribution in [1.29, 1.82) is 0 Å². The van der Waals surface area contributed by atoms with Crippen LogP contribution >= 0.6 is 11.8 Å². The minimum atomic E-state index is -0.804. The Morgan fingerprint density at radius 1 is 1.19 bits per heavy atom. The summed E-state index contributed by atoms with van der Waals surface area (Å²) in [5.74, 6) is 2.86. The number of carboxylic acids is 1. The second kappa shape index (κ2) is 8.58. The number of carbonyl (C=O) groups is 1. The van der Waals surface area contributed by atoms with E-state index in [1.54, 1.807) is 0 Å². The number of aliphatic carboxylic acids is 1. The van der Waals surface area contributed by atoms with Gasteiger partial charge >= 0.3 is 5.97 Å². The van der Waals surface area contributed by atoms with E-state index >= 15 is 0 Å². The Bertz CT molecular complexity index is 896. The molecule has 0 unspecified atom stereocenters. The van der Waals surface area contributed by atoms with Gasteiger partial charge < -0.3 is 13.9 Å². The lowest BCUT2D eigenvalue weighted by atomic mass is 10.2. The molecule has 0 saturated carbocycles. The van der Waals surface area contributed by atoms with Gasteiger partial charge in [0.2, 0.25) is 5.89 Å². The van der Waals surface area contributed by atoms with Crippen LogP contribution in [0.4, 0.5) is 0 Å². The molecule has 2 heterocycles. The zero-order valence-electron chi connectivity index (χ0n) is 14.3. The third-order valence-corrected chi connectivity index (χ3v) is 4.54. The molecule has 3 rings (SSSR count). The van der Waals surface area contributed by atoms with Crippen LogP contribution in [-0.2, 0) is 11.2 Å². The van der Waals surface area contributed by atoms with Crippen LogP contribution in [0.1, 0.15) is 23.0 Å². The number of benzene rings is 1. The van der Waals surface area contributed by atoms with Crippen molar-refractivity contribution in [1.82, 2.24) is 4.98 Å². The maximum atomic E-state index is 10.5. The van der Waals surface area contributed by atoms with E-state index in [4.69, 9.17) is 13.9 Å². The van der Waals surface area contributed by atoms with Crippen molar-refractivity contribution in [3.63, 3.8) is 0 Å². The summed E-state index contributed by atoms with van der Waals surface area (Å²) in [6.07, 6.45) is 4.30. The second-order valence-corrected chi connectivity index (χ2v) is 6.71. The summed E-state index contributed by atoms with van der Waals surface area (Å²) in [6.45, 7) is 1.90. The summed E-state index contributed by atoms with van der Waals surface area (Å²) in [5, 5.41) is 8.59. The van der Waals surface area contributed by atoms with Crippen molar-refractivity contribution in [2.45, 2.75) is 13.3 Å².